The second-order valence-corrected chi connectivity index (χ2v) is 7.38. The van der Waals surface area contributed by atoms with Crippen LogP contribution in [0.15, 0.2) is 30.3 Å². The Morgan fingerprint density at radius 1 is 1.19 bits per heavy atom. The summed E-state index contributed by atoms with van der Waals surface area (Å²) in [4.78, 5) is 27.7. The van der Waals surface area contributed by atoms with Crippen molar-refractivity contribution < 1.29 is 24.2 Å². The largest absolute Gasteiger partial charge is 0.460 e. The average molecular weight is 364 g/mol. The molecular weight excluding hydrogens is 336 g/mol. The molecule has 1 aromatic carbocycles. The van der Waals surface area contributed by atoms with Crippen LogP contribution in [0.25, 0.3) is 0 Å². The molecule has 0 unspecified atom stereocenters. The molecule has 1 atom stereocenters. The van der Waals surface area contributed by atoms with Crippen molar-refractivity contribution in [2.45, 2.75) is 39.0 Å². The van der Waals surface area contributed by atoms with Gasteiger partial charge in [-0.2, -0.15) is 0 Å². The van der Waals surface area contributed by atoms with E-state index in [-0.39, 0.29) is 31.8 Å². The van der Waals surface area contributed by atoms with Crippen LogP contribution in [-0.2, 0) is 20.9 Å². The number of nitrogens with zero attached hydrogens (tertiary/aromatic N) is 2. The molecule has 7 heteroatoms. The molecule has 2 rings (SSSR count). The lowest BCUT2D eigenvalue weighted by Crippen LogP contribution is -2.57. The zero-order valence-corrected chi connectivity index (χ0v) is 15.7. The van der Waals surface area contributed by atoms with Crippen molar-refractivity contribution in [1.29, 1.82) is 0 Å². The molecule has 1 N–H and O–H groups in total. The number of carbonyl (C=O) groups is 2. The molecule has 1 fully saturated rings. The molecule has 1 aliphatic rings. The van der Waals surface area contributed by atoms with Gasteiger partial charge in [0.2, 0.25) is 0 Å². The van der Waals surface area contributed by atoms with Crippen LogP contribution in [0.1, 0.15) is 26.3 Å². The van der Waals surface area contributed by atoms with Gasteiger partial charge in [0.05, 0.1) is 19.2 Å². The number of amides is 1. The van der Waals surface area contributed by atoms with Gasteiger partial charge in [0.25, 0.3) is 0 Å². The van der Waals surface area contributed by atoms with Crippen molar-refractivity contribution in [3.05, 3.63) is 35.9 Å². The van der Waals surface area contributed by atoms with Gasteiger partial charge >= 0.3 is 12.1 Å². The van der Waals surface area contributed by atoms with Crippen LogP contribution in [0.5, 0.6) is 0 Å². The Balaban J connectivity index is 1.83. The Hall–Kier alpha value is -2.12. The number of benzene rings is 1. The molecule has 26 heavy (non-hydrogen) atoms. The zero-order valence-electron chi connectivity index (χ0n) is 15.7. The highest BCUT2D eigenvalue weighted by atomic mass is 16.6. The second kappa shape index (κ2) is 9.00. The van der Waals surface area contributed by atoms with E-state index >= 15 is 0 Å². The minimum absolute atomic E-state index is 0.0836. The third kappa shape index (κ3) is 6.31. The summed E-state index contributed by atoms with van der Waals surface area (Å²) in [6, 6.07) is 9.15. The third-order valence-electron chi connectivity index (χ3n) is 4.04. The van der Waals surface area contributed by atoms with E-state index in [1.165, 1.54) is 0 Å². The third-order valence-corrected chi connectivity index (χ3v) is 4.04. The first-order chi connectivity index (χ1) is 12.3. The number of aliphatic hydroxyl groups is 1. The maximum Gasteiger partial charge on any atom is 0.410 e. The normalized spacial score (nSPS) is 18.5. The van der Waals surface area contributed by atoms with E-state index in [4.69, 9.17) is 9.47 Å². The van der Waals surface area contributed by atoms with Gasteiger partial charge in [-0.15, -0.1) is 0 Å². The van der Waals surface area contributed by atoms with E-state index in [9.17, 15) is 14.7 Å². The number of rotatable bonds is 5. The second-order valence-electron chi connectivity index (χ2n) is 7.38. The van der Waals surface area contributed by atoms with E-state index < -0.39 is 11.7 Å². The fourth-order valence-electron chi connectivity index (χ4n) is 2.72. The maximum atomic E-state index is 12.2. The Bertz CT molecular complexity index is 600. The highest BCUT2D eigenvalue weighted by molar-refractivity contribution is 5.72. The van der Waals surface area contributed by atoms with Gasteiger partial charge in [0.1, 0.15) is 12.2 Å². The molecular formula is C19H28N2O5. The van der Waals surface area contributed by atoms with Crippen molar-refractivity contribution in [2.24, 2.45) is 0 Å². The number of esters is 1. The highest BCUT2D eigenvalue weighted by Crippen LogP contribution is 2.15. The highest BCUT2D eigenvalue weighted by Gasteiger charge is 2.32. The molecule has 1 amide bonds. The number of ether oxygens (including phenoxy) is 2. The molecule has 0 spiro atoms. The van der Waals surface area contributed by atoms with Crippen molar-refractivity contribution in [3.8, 4) is 0 Å². The standard InChI is InChI=1S/C19H28N2O5/c1-19(2,3)26-18(24)21-10-9-20(16(11-21)13-22)12-17(23)25-14-15-7-5-4-6-8-15/h4-8,16,22H,9-14H2,1-3H3/t16-/m0/s1. The van der Waals surface area contributed by atoms with E-state index in [2.05, 4.69) is 0 Å². The zero-order chi connectivity index (χ0) is 19.2. The molecule has 1 saturated heterocycles. The lowest BCUT2D eigenvalue weighted by atomic mass is 10.1. The minimum Gasteiger partial charge on any atom is -0.460 e. The summed E-state index contributed by atoms with van der Waals surface area (Å²) in [7, 11) is 0. The summed E-state index contributed by atoms with van der Waals surface area (Å²) in [5, 5.41) is 9.64. The Morgan fingerprint density at radius 3 is 2.50 bits per heavy atom. The summed E-state index contributed by atoms with van der Waals surface area (Å²) in [6.45, 7) is 6.83. The minimum atomic E-state index is -0.565. The van der Waals surface area contributed by atoms with Crippen molar-refractivity contribution in [1.82, 2.24) is 9.80 Å². The van der Waals surface area contributed by atoms with Crippen LogP contribution in [0.3, 0.4) is 0 Å². The first kappa shape index (κ1) is 20.2. The fraction of sp³-hybridized carbons (Fsp3) is 0.579. The van der Waals surface area contributed by atoms with Crippen molar-refractivity contribution in [3.63, 3.8) is 0 Å². The van der Waals surface area contributed by atoms with Crippen LogP contribution in [0.4, 0.5) is 4.79 Å². The Labute approximate surface area is 154 Å². The van der Waals surface area contributed by atoms with Gasteiger partial charge < -0.3 is 19.5 Å². The van der Waals surface area contributed by atoms with Crippen LogP contribution in [-0.4, -0.2) is 71.4 Å². The predicted molar refractivity (Wildman–Crippen MR) is 96.5 cm³/mol. The number of hydrogen-bond donors (Lipinski definition) is 1. The maximum absolute atomic E-state index is 12.2. The number of hydrogen-bond acceptors (Lipinski definition) is 6. The summed E-state index contributed by atoms with van der Waals surface area (Å²) in [6.07, 6.45) is -0.401. The molecule has 0 aliphatic carbocycles. The van der Waals surface area contributed by atoms with Crippen LogP contribution < -0.4 is 0 Å². The quantitative estimate of drug-likeness (QED) is 0.801. The molecule has 1 aliphatic heterocycles. The molecule has 1 aromatic rings. The number of piperazine rings is 1. The van der Waals surface area contributed by atoms with Gasteiger partial charge in [0, 0.05) is 19.6 Å². The number of carbonyl (C=O) groups excluding carboxylic acids is 2. The summed E-state index contributed by atoms with van der Waals surface area (Å²) in [5.41, 5.74) is 0.360. The number of aliphatic hydroxyl groups excluding tert-OH is 1. The van der Waals surface area contributed by atoms with Gasteiger partial charge in [-0.05, 0) is 26.3 Å². The molecule has 0 saturated carbocycles. The van der Waals surface area contributed by atoms with Crippen molar-refractivity contribution >= 4 is 12.1 Å². The van der Waals surface area contributed by atoms with Gasteiger partial charge in [-0.3, -0.25) is 9.69 Å². The van der Waals surface area contributed by atoms with Crippen LogP contribution in [0, 0.1) is 0 Å². The lowest BCUT2D eigenvalue weighted by molar-refractivity contribution is -0.147. The molecule has 7 nitrogen and oxygen atoms in total. The molecule has 0 aromatic heterocycles. The van der Waals surface area contributed by atoms with E-state index in [0.717, 1.165) is 5.56 Å². The molecule has 144 valence electrons. The Kier molecular flexibility index (Phi) is 6.99. The van der Waals surface area contributed by atoms with Crippen LogP contribution >= 0.6 is 0 Å². The van der Waals surface area contributed by atoms with Crippen LogP contribution in [0.2, 0.25) is 0 Å². The molecule has 0 bridgehead atoms. The summed E-state index contributed by atoms with van der Waals surface area (Å²) < 4.78 is 10.7. The van der Waals surface area contributed by atoms with Gasteiger partial charge in [0.15, 0.2) is 0 Å². The summed E-state index contributed by atoms with van der Waals surface area (Å²) in [5.74, 6) is -0.349. The Morgan fingerprint density at radius 2 is 1.88 bits per heavy atom. The molecule has 0 radical (unpaired) electrons. The molecule has 1 heterocycles. The first-order valence-electron chi connectivity index (χ1n) is 8.81. The van der Waals surface area contributed by atoms with E-state index in [1.807, 2.05) is 56.0 Å². The fourth-order valence-corrected chi connectivity index (χ4v) is 2.72. The SMILES string of the molecule is CC(C)(C)OC(=O)N1CCN(CC(=O)OCc2ccccc2)[C@H](CO)C1. The lowest BCUT2D eigenvalue weighted by Gasteiger charge is -2.40. The first-order valence-corrected chi connectivity index (χ1v) is 8.81. The monoisotopic (exact) mass is 364 g/mol. The van der Waals surface area contributed by atoms with E-state index in [1.54, 1.807) is 4.90 Å². The smallest absolute Gasteiger partial charge is 0.410 e. The topological polar surface area (TPSA) is 79.3 Å². The predicted octanol–water partition coefficient (Wildman–Crippen LogP) is 1.64. The van der Waals surface area contributed by atoms with E-state index in [0.29, 0.717) is 19.6 Å². The average Bonchev–Trinajstić information content (AvgIpc) is 2.59. The van der Waals surface area contributed by atoms with Gasteiger partial charge in [-0.25, -0.2) is 4.79 Å². The van der Waals surface area contributed by atoms with Gasteiger partial charge in [-0.1, -0.05) is 30.3 Å². The van der Waals surface area contributed by atoms with Crippen molar-refractivity contribution in [2.75, 3.05) is 32.8 Å². The summed E-state index contributed by atoms with van der Waals surface area (Å²) >= 11 is 0.